The molecule has 4 unspecified atom stereocenters. The first-order chi connectivity index (χ1) is 7.59. The second kappa shape index (κ2) is 4.59. The van der Waals surface area contributed by atoms with Gasteiger partial charge in [-0.1, -0.05) is 0 Å². The first-order valence-electron chi connectivity index (χ1n) is 5.94. The molecule has 3 N–H and O–H groups in total. The normalized spacial score (nSPS) is 37.5. The van der Waals surface area contributed by atoms with E-state index in [0.717, 1.165) is 19.4 Å². The highest BCUT2D eigenvalue weighted by atomic mass is 16.6. The molecule has 1 saturated heterocycles. The minimum Gasteiger partial charge on any atom is -0.447 e. The van der Waals surface area contributed by atoms with Gasteiger partial charge in [0.15, 0.2) is 0 Å². The van der Waals surface area contributed by atoms with Crippen LogP contribution >= 0.6 is 0 Å². The third-order valence-corrected chi connectivity index (χ3v) is 3.30. The molecular weight excluding hydrogens is 208 g/mol. The Kier molecular flexibility index (Phi) is 3.35. The van der Waals surface area contributed by atoms with Gasteiger partial charge in [0.2, 0.25) is 0 Å². The number of hydrogen-bond donors (Lipinski definition) is 2. The molecule has 0 bridgehead atoms. The molecule has 0 radical (unpaired) electrons. The third kappa shape index (κ3) is 2.15. The molecule has 16 heavy (non-hydrogen) atoms. The summed E-state index contributed by atoms with van der Waals surface area (Å²) >= 11 is 0. The highest BCUT2D eigenvalue weighted by Crippen LogP contribution is 2.36. The van der Waals surface area contributed by atoms with Crippen LogP contribution in [0.15, 0.2) is 0 Å². The van der Waals surface area contributed by atoms with Gasteiger partial charge in [-0.15, -0.1) is 0 Å². The monoisotopic (exact) mass is 228 g/mol. The van der Waals surface area contributed by atoms with Crippen LogP contribution in [0.25, 0.3) is 0 Å². The summed E-state index contributed by atoms with van der Waals surface area (Å²) in [5.41, 5.74) is 6.01. The highest BCUT2D eigenvalue weighted by molar-refractivity contribution is 5.68. The molecule has 2 fully saturated rings. The summed E-state index contributed by atoms with van der Waals surface area (Å²) in [6.45, 7) is 4.41. The molecule has 1 amide bonds. The first-order valence-corrected chi connectivity index (χ1v) is 5.94. The summed E-state index contributed by atoms with van der Waals surface area (Å²) in [7, 11) is 0. The predicted molar refractivity (Wildman–Crippen MR) is 59.0 cm³/mol. The van der Waals surface area contributed by atoms with Gasteiger partial charge in [0, 0.05) is 18.6 Å². The molecule has 5 nitrogen and oxygen atoms in total. The van der Waals surface area contributed by atoms with Crippen LogP contribution in [0.4, 0.5) is 4.79 Å². The number of amides is 1. The summed E-state index contributed by atoms with van der Waals surface area (Å²) < 4.78 is 10.6. The molecular formula is C11H20N2O3. The van der Waals surface area contributed by atoms with Gasteiger partial charge >= 0.3 is 6.09 Å². The van der Waals surface area contributed by atoms with E-state index in [0.29, 0.717) is 5.92 Å². The van der Waals surface area contributed by atoms with Gasteiger partial charge in [0.05, 0.1) is 18.2 Å². The van der Waals surface area contributed by atoms with Crippen molar-refractivity contribution in [3.8, 4) is 0 Å². The number of nitrogens with two attached hydrogens (primary N) is 1. The van der Waals surface area contributed by atoms with Crippen LogP contribution in [0.1, 0.15) is 26.7 Å². The number of ether oxygens (including phenoxy) is 2. The lowest BCUT2D eigenvalue weighted by molar-refractivity contribution is -0.118. The third-order valence-electron chi connectivity index (χ3n) is 3.30. The summed E-state index contributed by atoms with van der Waals surface area (Å²) in [4.78, 5) is 11.4. The molecule has 0 spiro atoms. The van der Waals surface area contributed by atoms with E-state index in [1.54, 1.807) is 0 Å². The summed E-state index contributed by atoms with van der Waals surface area (Å²) in [6, 6.07) is -0.0819. The molecule has 1 saturated carbocycles. The van der Waals surface area contributed by atoms with E-state index in [1.165, 1.54) is 0 Å². The fourth-order valence-electron chi connectivity index (χ4n) is 2.51. The molecule has 1 aliphatic heterocycles. The quantitative estimate of drug-likeness (QED) is 0.727. The van der Waals surface area contributed by atoms with E-state index in [-0.39, 0.29) is 24.3 Å². The van der Waals surface area contributed by atoms with E-state index in [1.807, 2.05) is 13.8 Å². The molecule has 0 aromatic rings. The molecule has 92 valence electrons. The number of carbonyl (C=O) groups excluding carboxylic acids is 1. The van der Waals surface area contributed by atoms with Crippen LogP contribution in [0.3, 0.4) is 0 Å². The molecule has 0 aromatic carbocycles. The van der Waals surface area contributed by atoms with Gasteiger partial charge < -0.3 is 20.5 Å². The van der Waals surface area contributed by atoms with Gasteiger partial charge in [-0.25, -0.2) is 4.79 Å². The second-order valence-electron chi connectivity index (χ2n) is 4.84. The van der Waals surface area contributed by atoms with Crippen molar-refractivity contribution in [2.24, 2.45) is 11.7 Å². The molecule has 2 aliphatic rings. The van der Waals surface area contributed by atoms with Crippen molar-refractivity contribution in [1.82, 2.24) is 5.32 Å². The average Bonchev–Trinajstić information content (AvgIpc) is 2.24. The van der Waals surface area contributed by atoms with Crippen LogP contribution in [-0.2, 0) is 9.47 Å². The van der Waals surface area contributed by atoms with E-state index in [2.05, 4.69) is 5.32 Å². The zero-order valence-corrected chi connectivity index (χ0v) is 9.81. The maximum atomic E-state index is 11.4. The minimum atomic E-state index is -0.400. The van der Waals surface area contributed by atoms with E-state index in [9.17, 15) is 4.79 Å². The van der Waals surface area contributed by atoms with Crippen molar-refractivity contribution in [1.29, 1.82) is 0 Å². The number of nitrogens with one attached hydrogen (secondary N) is 1. The van der Waals surface area contributed by atoms with Crippen molar-refractivity contribution in [3.63, 3.8) is 0 Å². The largest absolute Gasteiger partial charge is 0.447 e. The smallest absolute Gasteiger partial charge is 0.407 e. The molecule has 1 heterocycles. The standard InChI is InChI=1S/C11H20N2O3/c1-6(2)16-11(14)13-9-8(12)7-4-3-5-15-10(7)9/h6-10H,3-5,12H2,1-2H3,(H,13,14). The predicted octanol–water partition coefficient (Wildman–Crippen LogP) is 0.626. The number of hydrogen-bond acceptors (Lipinski definition) is 4. The fraction of sp³-hybridized carbons (Fsp3) is 0.909. The molecule has 2 rings (SSSR count). The Hall–Kier alpha value is -0.810. The van der Waals surface area contributed by atoms with Crippen molar-refractivity contribution in [2.45, 2.75) is 51.0 Å². The zero-order valence-electron chi connectivity index (χ0n) is 9.81. The van der Waals surface area contributed by atoms with Gasteiger partial charge in [-0.3, -0.25) is 0 Å². The van der Waals surface area contributed by atoms with E-state index >= 15 is 0 Å². The van der Waals surface area contributed by atoms with Crippen LogP contribution in [-0.4, -0.2) is 37.0 Å². The Balaban J connectivity index is 1.84. The van der Waals surface area contributed by atoms with Gasteiger partial charge in [-0.05, 0) is 26.7 Å². The first kappa shape index (κ1) is 11.7. The average molecular weight is 228 g/mol. The van der Waals surface area contributed by atoms with Crippen molar-refractivity contribution >= 4 is 6.09 Å². The Labute approximate surface area is 95.7 Å². The molecule has 5 heteroatoms. The SMILES string of the molecule is CC(C)OC(=O)NC1C(N)C2CCCOC21. The van der Waals surface area contributed by atoms with Crippen molar-refractivity contribution in [3.05, 3.63) is 0 Å². The van der Waals surface area contributed by atoms with Crippen molar-refractivity contribution < 1.29 is 14.3 Å². The Morgan fingerprint density at radius 2 is 2.31 bits per heavy atom. The lowest BCUT2D eigenvalue weighted by atomic mass is 9.69. The van der Waals surface area contributed by atoms with E-state index in [4.69, 9.17) is 15.2 Å². The topological polar surface area (TPSA) is 73.6 Å². The number of rotatable bonds is 2. The van der Waals surface area contributed by atoms with Crippen LogP contribution < -0.4 is 11.1 Å². The van der Waals surface area contributed by atoms with Gasteiger partial charge in [-0.2, -0.15) is 0 Å². The second-order valence-corrected chi connectivity index (χ2v) is 4.84. The Morgan fingerprint density at radius 3 is 3.00 bits per heavy atom. The van der Waals surface area contributed by atoms with Crippen molar-refractivity contribution in [2.75, 3.05) is 6.61 Å². The molecule has 4 atom stereocenters. The minimum absolute atomic E-state index is 0.00464. The van der Waals surface area contributed by atoms with E-state index < -0.39 is 6.09 Å². The van der Waals surface area contributed by atoms with Crippen LogP contribution in [0.5, 0.6) is 0 Å². The highest BCUT2D eigenvalue weighted by Gasteiger charge is 2.51. The molecule has 0 aromatic heterocycles. The summed E-state index contributed by atoms with van der Waals surface area (Å²) in [6.07, 6.45) is 1.74. The molecule has 1 aliphatic carbocycles. The van der Waals surface area contributed by atoms with Gasteiger partial charge in [0.1, 0.15) is 0 Å². The van der Waals surface area contributed by atoms with Crippen LogP contribution in [0.2, 0.25) is 0 Å². The summed E-state index contributed by atoms with van der Waals surface area (Å²) in [5, 5.41) is 2.79. The number of alkyl carbamates (subject to hydrolysis) is 1. The summed E-state index contributed by atoms with van der Waals surface area (Å²) in [5.74, 6) is 0.401. The maximum absolute atomic E-state index is 11.4. The number of carbonyl (C=O) groups is 1. The Bertz CT molecular complexity index is 270. The maximum Gasteiger partial charge on any atom is 0.407 e. The fourth-order valence-corrected chi connectivity index (χ4v) is 2.51. The lowest BCUT2D eigenvalue weighted by Gasteiger charge is -2.52. The lowest BCUT2D eigenvalue weighted by Crippen LogP contribution is -2.72. The van der Waals surface area contributed by atoms with Crippen LogP contribution in [0, 0.1) is 5.92 Å². The number of fused-ring (bicyclic) bond motifs is 1. The Morgan fingerprint density at radius 1 is 1.56 bits per heavy atom. The zero-order chi connectivity index (χ0) is 11.7. The van der Waals surface area contributed by atoms with Gasteiger partial charge in [0.25, 0.3) is 0 Å².